The summed E-state index contributed by atoms with van der Waals surface area (Å²) in [6.07, 6.45) is 0.250. The van der Waals surface area contributed by atoms with Crippen molar-refractivity contribution < 1.29 is 4.79 Å². The molecule has 0 heterocycles. The molecule has 0 bridgehead atoms. The van der Waals surface area contributed by atoms with Crippen molar-refractivity contribution in [1.82, 2.24) is 0 Å². The molecule has 0 aromatic heterocycles. The molecule has 0 fully saturated rings. The second-order valence-electron chi connectivity index (χ2n) is 0.136. The molecule has 0 saturated heterocycles. The van der Waals surface area contributed by atoms with E-state index in [4.69, 9.17) is 4.79 Å². The van der Waals surface area contributed by atoms with Gasteiger partial charge in [0.2, 0.25) is 6.41 Å². The maximum atomic E-state index is 8.58. The summed E-state index contributed by atoms with van der Waals surface area (Å²) in [5, 5.41) is 0. The first-order valence-electron chi connectivity index (χ1n) is 0.569. The SMILES string of the molecule is NC=O.[AlH3].[LiH]. The number of hydrogen-bond acceptors (Lipinski definition) is 1. The van der Waals surface area contributed by atoms with Gasteiger partial charge in [0.05, 0.1) is 0 Å². The van der Waals surface area contributed by atoms with Gasteiger partial charge in [-0.25, -0.2) is 0 Å². The summed E-state index contributed by atoms with van der Waals surface area (Å²) >= 11 is 0. The van der Waals surface area contributed by atoms with Gasteiger partial charge in [-0.1, -0.05) is 0 Å². The zero-order valence-corrected chi connectivity index (χ0v) is 1.56. The normalized spacial score (nSPS) is 2.40. The van der Waals surface area contributed by atoms with Crippen LogP contribution in [0.3, 0.4) is 0 Å². The number of carbonyl (C=O) groups is 1. The Morgan fingerprint density at radius 3 is 1.60 bits per heavy atom. The molecule has 0 aliphatic carbocycles. The number of nitrogens with two attached hydrogens (primary N) is 1. The molecule has 1 amide bonds. The Morgan fingerprint density at radius 2 is 1.60 bits per heavy atom. The molecule has 5 heavy (non-hydrogen) atoms. The van der Waals surface area contributed by atoms with Gasteiger partial charge in [0.1, 0.15) is 0 Å². The van der Waals surface area contributed by atoms with Crippen molar-refractivity contribution in [3.05, 3.63) is 0 Å². The second kappa shape index (κ2) is 23.3. The molecule has 2 nitrogen and oxygen atoms in total. The van der Waals surface area contributed by atoms with E-state index >= 15 is 0 Å². The van der Waals surface area contributed by atoms with E-state index in [0.717, 1.165) is 0 Å². The van der Waals surface area contributed by atoms with Crippen LogP contribution < -0.4 is 5.73 Å². The van der Waals surface area contributed by atoms with Gasteiger partial charge in [-0.2, -0.15) is 0 Å². The van der Waals surface area contributed by atoms with Gasteiger partial charge in [0, 0.05) is 0 Å². The molecule has 0 spiro atoms. The summed E-state index contributed by atoms with van der Waals surface area (Å²) in [7, 11) is 0. The molecule has 0 unspecified atom stereocenters. The van der Waals surface area contributed by atoms with E-state index in [-0.39, 0.29) is 42.6 Å². The van der Waals surface area contributed by atoms with Crippen LogP contribution in [0.15, 0.2) is 0 Å². The van der Waals surface area contributed by atoms with Crippen LogP contribution in [-0.4, -0.2) is 42.6 Å². The van der Waals surface area contributed by atoms with E-state index in [1.165, 1.54) is 0 Å². The molecule has 2 N–H and O–H groups in total. The average Bonchev–Trinajstić information content (AvgIpc) is 0.918. The van der Waals surface area contributed by atoms with Crippen LogP contribution in [-0.2, 0) is 4.79 Å². The van der Waals surface area contributed by atoms with Gasteiger partial charge in [0.15, 0.2) is 17.4 Å². The number of rotatable bonds is 0. The Bertz CT molecular complexity index is 19.1. The second-order valence-corrected chi connectivity index (χ2v) is 0.136. The van der Waals surface area contributed by atoms with Crippen molar-refractivity contribution in [2.45, 2.75) is 0 Å². The molecule has 0 rings (SSSR count). The summed E-state index contributed by atoms with van der Waals surface area (Å²) in [6.45, 7) is 0. The third-order valence-electron chi connectivity index (χ3n) is 0. The van der Waals surface area contributed by atoms with E-state index in [9.17, 15) is 0 Å². The van der Waals surface area contributed by atoms with Crippen molar-refractivity contribution in [1.29, 1.82) is 0 Å². The average molecular weight is 83.0 g/mol. The molecule has 0 aliphatic rings. The minimum absolute atomic E-state index is 0. The topological polar surface area (TPSA) is 43.1 Å². The van der Waals surface area contributed by atoms with Gasteiger partial charge in [0.25, 0.3) is 0 Å². The van der Waals surface area contributed by atoms with Gasteiger partial charge < -0.3 is 5.73 Å². The van der Waals surface area contributed by atoms with Gasteiger partial charge >= 0.3 is 18.9 Å². The monoisotopic (exact) mass is 83.1 g/mol. The van der Waals surface area contributed by atoms with Crippen molar-refractivity contribution in [3.63, 3.8) is 0 Å². The van der Waals surface area contributed by atoms with Gasteiger partial charge in [-0.05, 0) is 0 Å². The number of primary amides is 1. The summed E-state index contributed by atoms with van der Waals surface area (Å²) in [5.74, 6) is 0. The quantitative estimate of drug-likeness (QED) is 0.251. The number of amides is 1. The van der Waals surface area contributed by atoms with E-state index in [1.807, 2.05) is 0 Å². The summed E-state index contributed by atoms with van der Waals surface area (Å²) in [5.41, 5.74) is 4.17. The third-order valence-corrected chi connectivity index (χ3v) is 0. The fourth-order valence-electron chi connectivity index (χ4n) is 0. The number of carbonyl (C=O) groups excluding carboxylic acids is 1. The Kier molecular flexibility index (Phi) is 81.6. The summed E-state index contributed by atoms with van der Waals surface area (Å²) in [4.78, 5) is 8.58. The molecule has 0 aliphatic heterocycles. The van der Waals surface area contributed by atoms with E-state index in [1.54, 1.807) is 0 Å². The first-order chi connectivity index (χ1) is 1.41. The minimum atomic E-state index is 0. The third kappa shape index (κ3) is 86.4. The van der Waals surface area contributed by atoms with Crippen LogP contribution >= 0.6 is 0 Å². The molecule has 0 radical (unpaired) electrons. The van der Waals surface area contributed by atoms with E-state index in [0.29, 0.717) is 0 Å². The van der Waals surface area contributed by atoms with Crippen LogP contribution in [0.2, 0.25) is 0 Å². The summed E-state index contributed by atoms with van der Waals surface area (Å²) < 4.78 is 0. The van der Waals surface area contributed by atoms with Gasteiger partial charge in [-0.15, -0.1) is 0 Å². The first-order valence-corrected chi connectivity index (χ1v) is 0.569. The fraction of sp³-hybridized carbons (Fsp3) is 0. The van der Waals surface area contributed by atoms with Crippen LogP contribution in [0.25, 0.3) is 0 Å². The van der Waals surface area contributed by atoms with Crippen molar-refractivity contribution in [2.75, 3.05) is 0 Å². The van der Waals surface area contributed by atoms with Crippen LogP contribution in [0.4, 0.5) is 0 Å². The predicted molar refractivity (Wildman–Crippen MR) is 27.3 cm³/mol. The maximum absolute atomic E-state index is 8.58. The van der Waals surface area contributed by atoms with Crippen LogP contribution in [0.1, 0.15) is 0 Å². The molecule has 0 aromatic rings. The Morgan fingerprint density at radius 1 is 1.60 bits per heavy atom. The van der Waals surface area contributed by atoms with Crippen molar-refractivity contribution in [3.8, 4) is 0 Å². The van der Waals surface area contributed by atoms with E-state index in [2.05, 4.69) is 5.73 Å². The molecular formula is CH7AlLiNO. The van der Waals surface area contributed by atoms with Crippen LogP contribution in [0, 0.1) is 0 Å². The fourth-order valence-corrected chi connectivity index (χ4v) is 0. The zero-order chi connectivity index (χ0) is 2.71. The van der Waals surface area contributed by atoms with Crippen molar-refractivity contribution >= 4 is 42.6 Å². The molecule has 0 atom stereocenters. The predicted octanol–water partition coefficient (Wildman–Crippen LogP) is -2.73. The molecule has 26 valence electrons. The first kappa shape index (κ1) is 17.5. The molecule has 0 saturated carbocycles. The number of hydrogen-bond donors (Lipinski definition) is 1. The standard InChI is InChI=1S/CH3NO.Al.Li.4H/c2-1-3;;;;;;/h1H,(H2,2,3);;;;;;. The van der Waals surface area contributed by atoms with Crippen molar-refractivity contribution in [2.24, 2.45) is 5.73 Å². The van der Waals surface area contributed by atoms with E-state index < -0.39 is 0 Å². The summed E-state index contributed by atoms with van der Waals surface area (Å²) in [6, 6.07) is 0. The molecular weight excluding hydrogens is 75.9 g/mol. The Hall–Kier alpha value is 0.600. The molecule has 4 heteroatoms. The Labute approximate surface area is 53.4 Å². The molecule has 0 aromatic carbocycles. The Balaban J connectivity index is -0.0000000200. The van der Waals surface area contributed by atoms with Gasteiger partial charge in [-0.3, -0.25) is 4.79 Å². The van der Waals surface area contributed by atoms with Crippen LogP contribution in [0.5, 0.6) is 0 Å². The zero-order valence-electron chi connectivity index (χ0n) is 1.56.